The third-order valence-corrected chi connectivity index (χ3v) is 2.17. The van der Waals surface area contributed by atoms with Crippen LogP contribution in [0, 0.1) is 13.8 Å². The molecule has 0 spiro atoms. The molecule has 3 nitrogen and oxygen atoms in total. The largest absolute Gasteiger partial charge is 0.495 e. The van der Waals surface area contributed by atoms with Crippen molar-refractivity contribution in [3.63, 3.8) is 0 Å². The van der Waals surface area contributed by atoms with Crippen molar-refractivity contribution in [3.05, 3.63) is 17.2 Å². The molecule has 1 aromatic rings. The highest BCUT2D eigenvalue weighted by molar-refractivity contribution is 5.68. The summed E-state index contributed by atoms with van der Waals surface area (Å²) in [5.74, 6) is 0.649. The van der Waals surface area contributed by atoms with Crippen molar-refractivity contribution in [3.8, 4) is 5.75 Å². The fraction of sp³-hybridized carbons (Fsp3) is 0.333. The zero-order chi connectivity index (χ0) is 9.30. The summed E-state index contributed by atoms with van der Waals surface area (Å²) in [6.45, 7) is 3.88. The van der Waals surface area contributed by atoms with Crippen LogP contribution >= 0.6 is 0 Å². The Kier molecular flexibility index (Phi) is 2.13. The number of hydrogen-bond acceptors (Lipinski definition) is 3. The Labute approximate surface area is 72.3 Å². The van der Waals surface area contributed by atoms with Crippen molar-refractivity contribution in [2.24, 2.45) is 0 Å². The van der Waals surface area contributed by atoms with Gasteiger partial charge in [0.2, 0.25) is 0 Å². The molecule has 0 atom stereocenters. The topological polar surface area (TPSA) is 61.3 Å². The monoisotopic (exact) mass is 166 g/mol. The lowest BCUT2D eigenvalue weighted by atomic mass is 10.1. The van der Waals surface area contributed by atoms with Crippen LogP contribution in [0.15, 0.2) is 6.07 Å². The van der Waals surface area contributed by atoms with Gasteiger partial charge in [0.05, 0.1) is 12.8 Å². The minimum absolute atomic E-state index is 0.649. The van der Waals surface area contributed by atoms with E-state index in [9.17, 15) is 0 Å². The molecule has 3 heteroatoms. The van der Waals surface area contributed by atoms with Crippen LogP contribution in [0.5, 0.6) is 5.75 Å². The Hall–Kier alpha value is -1.38. The summed E-state index contributed by atoms with van der Waals surface area (Å²) in [6.07, 6.45) is 0. The van der Waals surface area contributed by atoms with E-state index in [-0.39, 0.29) is 0 Å². The highest BCUT2D eigenvalue weighted by atomic mass is 16.5. The first-order chi connectivity index (χ1) is 5.57. The Bertz CT molecular complexity index is 308. The van der Waals surface area contributed by atoms with Crippen LogP contribution in [-0.2, 0) is 0 Å². The van der Waals surface area contributed by atoms with E-state index in [1.807, 2.05) is 13.8 Å². The lowest BCUT2D eigenvalue weighted by Crippen LogP contribution is -2.00. The Morgan fingerprint density at radius 2 is 1.75 bits per heavy atom. The van der Waals surface area contributed by atoms with Crippen LogP contribution in [0.3, 0.4) is 0 Å². The van der Waals surface area contributed by atoms with E-state index in [1.165, 1.54) is 0 Å². The summed E-state index contributed by atoms with van der Waals surface area (Å²) >= 11 is 0. The fourth-order valence-corrected chi connectivity index (χ4v) is 1.10. The van der Waals surface area contributed by atoms with Crippen LogP contribution in [0.1, 0.15) is 11.1 Å². The van der Waals surface area contributed by atoms with E-state index in [4.69, 9.17) is 16.2 Å². The quantitative estimate of drug-likeness (QED) is 0.621. The van der Waals surface area contributed by atoms with E-state index < -0.39 is 0 Å². The molecule has 0 radical (unpaired) electrons. The predicted octanol–water partition coefficient (Wildman–Crippen LogP) is 1.48. The minimum Gasteiger partial charge on any atom is -0.495 e. The first-order valence-corrected chi connectivity index (χ1v) is 3.77. The molecular weight excluding hydrogens is 152 g/mol. The van der Waals surface area contributed by atoms with Gasteiger partial charge in [-0.25, -0.2) is 0 Å². The number of benzene rings is 1. The highest BCUT2D eigenvalue weighted by Crippen LogP contribution is 2.31. The fourth-order valence-electron chi connectivity index (χ4n) is 1.10. The van der Waals surface area contributed by atoms with Gasteiger partial charge in [0, 0.05) is 11.8 Å². The molecule has 12 heavy (non-hydrogen) atoms. The molecule has 0 bridgehead atoms. The molecule has 0 aliphatic carbocycles. The molecule has 0 unspecified atom stereocenters. The normalized spacial score (nSPS) is 9.92. The average Bonchev–Trinajstić information content (AvgIpc) is 2.08. The summed E-state index contributed by atoms with van der Waals surface area (Å²) in [5.41, 5.74) is 14.9. The maximum absolute atomic E-state index is 5.78. The minimum atomic E-state index is 0.649. The molecule has 0 saturated heterocycles. The zero-order valence-corrected chi connectivity index (χ0v) is 7.64. The van der Waals surface area contributed by atoms with Crippen molar-refractivity contribution in [1.29, 1.82) is 0 Å². The van der Waals surface area contributed by atoms with Crippen molar-refractivity contribution >= 4 is 11.4 Å². The van der Waals surface area contributed by atoms with E-state index in [0.717, 1.165) is 16.8 Å². The first-order valence-electron chi connectivity index (χ1n) is 3.77. The number of rotatable bonds is 1. The lowest BCUT2D eigenvalue weighted by molar-refractivity contribution is 0.417. The van der Waals surface area contributed by atoms with E-state index in [0.29, 0.717) is 11.4 Å². The smallest absolute Gasteiger partial charge is 0.144 e. The maximum atomic E-state index is 5.78. The molecule has 1 rings (SSSR count). The molecule has 0 heterocycles. The van der Waals surface area contributed by atoms with Crippen LogP contribution in [0.4, 0.5) is 11.4 Å². The molecule has 0 fully saturated rings. The Morgan fingerprint density at radius 3 is 2.25 bits per heavy atom. The third-order valence-electron chi connectivity index (χ3n) is 2.17. The highest BCUT2D eigenvalue weighted by Gasteiger charge is 2.07. The number of anilines is 2. The second-order valence-corrected chi connectivity index (χ2v) is 2.83. The molecule has 4 N–H and O–H groups in total. The molecule has 1 aromatic carbocycles. The van der Waals surface area contributed by atoms with Crippen LogP contribution in [-0.4, -0.2) is 7.11 Å². The van der Waals surface area contributed by atoms with Gasteiger partial charge in [-0.05, 0) is 25.0 Å². The summed E-state index contributed by atoms with van der Waals surface area (Å²) in [6, 6.07) is 1.75. The Morgan fingerprint density at radius 1 is 1.17 bits per heavy atom. The van der Waals surface area contributed by atoms with Gasteiger partial charge in [0.15, 0.2) is 0 Å². The average molecular weight is 166 g/mol. The molecular formula is C9H14N2O. The summed E-state index contributed by atoms with van der Waals surface area (Å²) in [7, 11) is 1.58. The predicted molar refractivity (Wildman–Crippen MR) is 51.3 cm³/mol. The third kappa shape index (κ3) is 1.18. The van der Waals surface area contributed by atoms with Gasteiger partial charge in [-0.1, -0.05) is 0 Å². The second-order valence-electron chi connectivity index (χ2n) is 2.83. The van der Waals surface area contributed by atoms with Crippen LogP contribution < -0.4 is 16.2 Å². The molecule has 0 amide bonds. The molecule has 0 aliphatic heterocycles. The van der Waals surface area contributed by atoms with Gasteiger partial charge in [-0.2, -0.15) is 0 Å². The van der Waals surface area contributed by atoms with Gasteiger partial charge in [-0.3, -0.25) is 0 Å². The zero-order valence-electron chi connectivity index (χ0n) is 7.64. The molecule has 66 valence electrons. The summed E-state index contributed by atoms with van der Waals surface area (Å²) in [5, 5.41) is 0. The summed E-state index contributed by atoms with van der Waals surface area (Å²) in [4.78, 5) is 0. The van der Waals surface area contributed by atoms with E-state index in [1.54, 1.807) is 13.2 Å². The number of methoxy groups -OCH3 is 1. The van der Waals surface area contributed by atoms with Gasteiger partial charge >= 0.3 is 0 Å². The van der Waals surface area contributed by atoms with Gasteiger partial charge in [0.25, 0.3) is 0 Å². The maximum Gasteiger partial charge on any atom is 0.144 e. The van der Waals surface area contributed by atoms with Crippen molar-refractivity contribution in [2.45, 2.75) is 13.8 Å². The van der Waals surface area contributed by atoms with E-state index in [2.05, 4.69) is 0 Å². The summed E-state index contributed by atoms with van der Waals surface area (Å²) < 4.78 is 5.06. The van der Waals surface area contributed by atoms with Crippen molar-refractivity contribution < 1.29 is 4.74 Å². The van der Waals surface area contributed by atoms with Crippen molar-refractivity contribution in [2.75, 3.05) is 18.6 Å². The number of hydrogen-bond donors (Lipinski definition) is 2. The Balaban J connectivity index is 3.39. The van der Waals surface area contributed by atoms with E-state index >= 15 is 0 Å². The first kappa shape index (κ1) is 8.71. The van der Waals surface area contributed by atoms with Gasteiger partial charge < -0.3 is 16.2 Å². The van der Waals surface area contributed by atoms with Crippen LogP contribution in [0.2, 0.25) is 0 Å². The molecule has 0 aromatic heterocycles. The van der Waals surface area contributed by atoms with Gasteiger partial charge in [0.1, 0.15) is 5.75 Å². The number of nitrogen functional groups attached to an aromatic ring is 2. The van der Waals surface area contributed by atoms with Gasteiger partial charge in [-0.15, -0.1) is 0 Å². The lowest BCUT2D eigenvalue weighted by Gasteiger charge is -2.11. The molecule has 0 aliphatic rings. The second kappa shape index (κ2) is 2.93. The molecule has 0 saturated carbocycles. The number of nitrogens with two attached hydrogens (primary N) is 2. The van der Waals surface area contributed by atoms with Crippen LogP contribution in [0.25, 0.3) is 0 Å². The SMILES string of the molecule is COc1cc(N)c(C)c(C)c1N. The van der Waals surface area contributed by atoms with Crippen molar-refractivity contribution in [1.82, 2.24) is 0 Å². The number of ether oxygens (including phenoxy) is 1. The standard InChI is InChI=1S/C9H14N2O/c1-5-6(2)9(11)8(12-3)4-7(5)10/h4H,10-11H2,1-3H3.